The number of ether oxygens (including phenoxy) is 1. The highest BCUT2D eigenvalue weighted by atomic mass is 31.2. The van der Waals surface area contributed by atoms with E-state index in [0.29, 0.717) is 12.2 Å². The molecule has 1 amide bonds. The van der Waals surface area contributed by atoms with Gasteiger partial charge in [0.05, 0.1) is 24.7 Å². The van der Waals surface area contributed by atoms with Gasteiger partial charge >= 0.3 is 7.60 Å². The van der Waals surface area contributed by atoms with Crippen molar-refractivity contribution in [2.24, 2.45) is 5.92 Å². The van der Waals surface area contributed by atoms with Crippen molar-refractivity contribution in [3.05, 3.63) is 108 Å². The van der Waals surface area contributed by atoms with Crippen LogP contribution in [0, 0.1) is 5.92 Å². The fraction of sp³-hybridized carbons (Fsp3) is 0.351. The Hall–Kier alpha value is -4.39. The monoisotopic (exact) mass is 729 g/mol. The van der Waals surface area contributed by atoms with Gasteiger partial charge in [0.25, 0.3) is 13.9 Å². The van der Waals surface area contributed by atoms with Crippen LogP contribution in [0.25, 0.3) is 11.2 Å². The SMILES string of the molecule is CC(C)C(=O)Nc1nc2c(ncn2[C@H]2C[C@H](O[Si](c3ccccc3)(c3ccccc3)C(C)(C)C)[C@@H](CCP(=O)(O)Oc3ccccc3)O2)c(=O)[nH]1. The fourth-order valence-electron chi connectivity index (χ4n) is 6.61. The number of hydrogen-bond acceptors (Lipinski definition) is 8. The van der Waals surface area contributed by atoms with Gasteiger partial charge in [-0.3, -0.25) is 24.5 Å². The number of fused-ring (bicyclic) bond motifs is 1. The zero-order chi connectivity index (χ0) is 36.4. The van der Waals surface area contributed by atoms with Crippen LogP contribution in [0.1, 0.15) is 53.7 Å². The molecule has 4 atom stereocenters. The second-order valence-corrected chi connectivity index (χ2v) is 20.3. The average Bonchev–Trinajstić information content (AvgIpc) is 3.71. The van der Waals surface area contributed by atoms with Gasteiger partial charge in [-0.2, -0.15) is 4.98 Å². The minimum Gasteiger partial charge on any atom is -0.424 e. The maximum absolute atomic E-state index is 13.4. The van der Waals surface area contributed by atoms with Gasteiger partial charge in [0.2, 0.25) is 11.9 Å². The molecule has 0 bridgehead atoms. The molecule has 14 heteroatoms. The summed E-state index contributed by atoms with van der Waals surface area (Å²) in [5.41, 5.74) is -0.190. The molecule has 3 N–H and O–H groups in total. The zero-order valence-electron chi connectivity index (χ0n) is 29.4. The van der Waals surface area contributed by atoms with Crippen LogP contribution in [0.4, 0.5) is 5.95 Å². The van der Waals surface area contributed by atoms with Crippen LogP contribution < -0.4 is 25.8 Å². The largest absolute Gasteiger partial charge is 0.424 e. The molecule has 1 fully saturated rings. The number of nitrogens with zero attached hydrogens (tertiary/aromatic N) is 3. The lowest BCUT2D eigenvalue weighted by atomic mass is 10.1. The quantitative estimate of drug-likeness (QED) is 0.110. The molecule has 0 saturated carbocycles. The number of anilines is 1. The average molecular weight is 730 g/mol. The van der Waals surface area contributed by atoms with E-state index in [-0.39, 0.29) is 46.6 Å². The zero-order valence-corrected chi connectivity index (χ0v) is 31.2. The fourth-order valence-corrected chi connectivity index (χ4v) is 12.5. The number of nitrogens with one attached hydrogen (secondary N) is 2. The molecule has 3 aromatic carbocycles. The second kappa shape index (κ2) is 14.7. The third kappa shape index (κ3) is 7.78. The number of aromatic amines is 1. The number of H-pyrrole nitrogens is 1. The van der Waals surface area contributed by atoms with Crippen molar-refractivity contribution in [2.45, 2.75) is 70.9 Å². The van der Waals surface area contributed by atoms with E-state index in [1.165, 1.54) is 6.33 Å². The van der Waals surface area contributed by atoms with Gasteiger partial charge in [0.1, 0.15) is 12.0 Å². The third-order valence-corrected chi connectivity index (χ3v) is 15.5. The van der Waals surface area contributed by atoms with Crippen LogP contribution >= 0.6 is 7.60 Å². The summed E-state index contributed by atoms with van der Waals surface area (Å²) >= 11 is 0. The Kier molecular flexibility index (Phi) is 10.5. The van der Waals surface area contributed by atoms with Crippen molar-refractivity contribution < 1.29 is 27.9 Å². The predicted molar refractivity (Wildman–Crippen MR) is 199 cm³/mol. The minimum atomic E-state index is -4.09. The number of rotatable bonds is 12. The van der Waals surface area contributed by atoms with Crippen molar-refractivity contribution in [3.63, 3.8) is 0 Å². The van der Waals surface area contributed by atoms with E-state index in [1.54, 1.807) is 48.7 Å². The summed E-state index contributed by atoms with van der Waals surface area (Å²) in [6, 6.07) is 29.0. The molecule has 51 heavy (non-hydrogen) atoms. The van der Waals surface area contributed by atoms with E-state index in [0.717, 1.165) is 10.4 Å². The summed E-state index contributed by atoms with van der Waals surface area (Å²) in [5, 5.41) is 4.48. The molecule has 3 heterocycles. The maximum Gasteiger partial charge on any atom is 0.376 e. The first-order valence-electron chi connectivity index (χ1n) is 17.1. The molecule has 1 unspecified atom stereocenters. The van der Waals surface area contributed by atoms with Crippen LogP contribution in [-0.2, 0) is 18.5 Å². The van der Waals surface area contributed by atoms with Gasteiger partial charge in [-0.1, -0.05) is 113 Å². The highest BCUT2D eigenvalue weighted by Crippen LogP contribution is 2.47. The highest BCUT2D eigenvalue weighted by molar-refractivity contribution is 7.53. The number of benzene rings is 3. The lowest BCUT2D eigenvalue weighted by Crippen LogP contribution is -2.68. The number of amides is 1. The molecule has 0 spiro atoms. The molecule has 1 aliphatic rings. The van der Waals surface area contributed by atoms with Gasteiger partial charge in [0.15, 0.2) is 11.2 Å². The van der Waals surface area contributed by atoms with Crippen molar-refractivity contribution in [3.8, 4) is 5.75 Å². The van der Waals surface area contributed by atoms with Gasteiger partial charge in [0, 0.05) is 12.3 Å². The highest BCUT2D eigenvalue weighted by Gasteiger charge is 2.54. The Labute approximate surface area is 297 Å². The number of carbonyl (C=O) groups excluding carboxylic acids is 1. The molecule has 1 aliphatic heterocycles. The number of para-hydroxylation sites is 1. The molecule has 0 radical (unpaired) electrons. The smallest absolute Gasteiger partial charge is 0.376 e. The van der Waals surface area contributed by atoms with E-state index >= 15 is 0 Å². The first-order valence-corrected chi connectivity index (χ1v) is 20.7. The van der Waals surface area contributed by atoms with E-state index < -0.39 is 39.9 Å². The maximum atomic E-state index is 13.4. The Morgan fingerprint density at radius 2 is 1.63 bits per heavy atom. The summed E-state index contributed by atoms with van der Waals surface area (Å²) in [7, 11) is -7.18. The van der Waals surface area contributed by atoms with E-state index in [9.17, 15) is 19.0 Å². The van der Waals surface area contributed by atoms with E-state index in [4.69, 9.17) is 13.7 Å². The molecule has 2 aromatic heterocycles. The van der Waals surface area contributed by atoms with Crippen LogP contribution in [0.3, 0.4) is 0 Å². The topological polar surface area (TPSA) is 158 Å². The van der Waals surface area contributed by atoms with E-state index in [1.807, 2.05) is 36.4 Å². The summed E-state index contributed by atoms with van der Waals surface area (Å²) in [6.07, 6.45) is -0.0982. The molecule has 5 aromatic rings. The summed E-state index contributed by atoms with van der Waals surface area (Å²) in [5.74, 6) is -0.328. The number of hydrogen-bond donors (Lipinski definition) is 3. The van der Waals surface area contributed by atoms with Crippen LogP contribution in [0.2, 0.25) is 5.04 Å². The van der Waals surface area contributed by atoms with Gasteiger partial charge in [-0.05, 0) is 34.0 Å². The third-order valence-electron chi connectivity index (χ3n) is 9.12. The predicted octanol–water partition coefficient (Wildman–Crippen LogP) is 5.60. The van der Waals surface area contributed by atoms with Crippen LogP contribution in [-0.4, -0.2) is 57.0 Å². The molecule has 268 valence electrons. The molecule has 1 saturated heterocycles. The minimum absolute atomic E-state index is 0.00175. The molecule has 6 rings (SSSR count). The lowest BCUT2D eigenvalue weighted by molar-refractivity contribution is -0.118. The Morgan fingerprint density at radius 3 is 2.20 bits per heavy atom. The van der Waals surface area contributed by atoms with Gasteiger partial charge in [-0.25, -0.2) is 9.55 Å². The van der Waals surface area contributed by atoms with Crippen molar-refractivity contribution in [1.29, 1.82) is 0 Å². The standard InChI is InChI=1S/C37H44N5O7PSi/c1-25(2)34(43)40-36-39-33-32(35(44)41-36)38-24-42(33)31-23-30(29(47-31)21-22-50(45,46)48-26-15-9-6-10-16-26)49-51(37(3,4)5,27-17-11-7-12-18-27)28-19-13-8-14-20-28/h6-20,24-25,29-31H,21-23H2,1-5H3,(H,45,46)(H2,39,40,41,43,44)/t29-,30+,31-/m1/s1. The second-order valence-electron chi connectivity index (χ2n) is 14.1. The normalized spacial score (nSPS) is 19.2. The van der Waals surface area contributed by atoms with Crippen LogP contribution in [0.5, 0.6) is 5.75 Å². The molecular formula is C37H44N5O7PSi. The van der Waals surface area contributed by atoms with Crippen molar-refractivity contribution >= 4 is 49.3 Å². The molecule has 0 aliphatic carbocycles. The van der Waals surface area contributed by atoms with Crippen molar-refractivity contribution in [1.82, 2.24) is 19.5 Å². The summed E-state index contributed by atoms with van der Waals surface area (Å²) < 4.78 is 34.8. The summed E-state index contributed by atoms with van der Waals surface area (Å²) in [4.78, 5) is 47.9. The Bertz CT molecular complexity index is 2030. The lowest BCUT2D eigenvalue weighted by Gasteiger charge is -2.45. The number of aromatic nitrogens is 4. The number of imidazole rings is 1. The van der Waals surface area contributed by atoms with E-state index in [2.05, 4.69) is 65.3 Å². The van der Waals surface area contributed by atoms with Crippen molar-refractivity contribution in [2.75, 3.05) is 11.5 Å². The van der Waals surface area contributed by atoms with Crippen LogP contribution in [0.15, 0.2) is 102 Å². The Morgan fingerprint density at radius 1 is 1.04 bits per heavy atom. The van der Waals surface area contributed by atoms with Gasteiger partial charge in [-0.15, -0.1) is 0 Å². The molecular weight excluding hydrogens is 685 g/mol. The Balaban J connectivity index is 1.40. The first-order chi connectivity index (χ1) is 24.3. The first kappa shape index (κ1) is 36.4. The summed E-state index contributed by atoms with van der Waals surface area (Å²) in [6.45, 7) is 10.0. The molecule has 12 nitrogen and oxygen atoms in total. The number of carbonyl (C=O) groups is 1. The van der Waals surface area contributed by atoms with Gasteiger partial charge < -0.3 is 18.6 Å².